The molecule has 0 atom stereocenters. The van der Waals surface area contributed by atoms with E-state index in [-0.39, 0.29) is 17.1 Å². The maximum atomic E-state index is 11.7. The van der Waals surface area contributed by atoms with Gasteiger partial charge in [-0.25, -0.2) is 13.1 Å². The Balaban J connectivity index is 2.49. The molecule has 0 saturated heterocycles. The van der Waals surface area contributed by atoms with E-state index < -0.39 is 10.0 Å². The largest absolute Gasteiger partial charge is 0.215 e. The molecule has 0 aromatic heterocycles. The number of rotatable bonds is 6. The third kappa shape index (κ3) is 4.34. The molecular formula is C11H22BrNO2S. The SMILES string of the molecule is CC(C)CS(=O)(=O)NCC1(CBr)CCCC1. The van der Waals surface area contributed by atoms with E-state index in [9.17, 15) is 8.42 Å². The zero-order valence-electron chi connectivity index (χ0n) is 10.1. The summed E-state index contributed by atoms with van der Waals surface area (Å²) in [6.07, 6.45) is 4.69. The second kappa shape index (κ2) is 5.83. The first kappa shape index (κ1) is 14.5. The molecule has 0 aliphatic heterocycles. The first-order valence-electron chi connectivity index (χ1n) is 5.92. The van der Waals surface area contributed by atoms with Crippen LogP contribution in [0.4, 0.5) is 0 Å². The maximum absolute atomic E-state index is 11.7. The van der Waals surface area contributed by atoms with E-state index in [1.165, 1.54) is 12.8 Å². The van der Waals surface area contributed by atoms with Crippen molar-refractivity contribution >= 4 is 26.0 Å². The molecule has 0 aromatic rings. The van der Waals surface area contributed by atoms with Crippen molar-refractivity contribution in [1.29, 1.82) is 0 Å². The highest BCUT2D eigenvalue weighted by atomic mass is 79.9. The van der Waals surface area contributed by atoms with E-state index in [2.05, 4.69) is 20.7 Å². The Labute approximate surface area is 108 Å². The van der Waals surface area contributed by atoms with Crippen molar-refractivity contribution in [3.8, 4) is 0 Å². The fraction of sp³-hybridized carbons (Fsp3) is 1.00. The number of hydrogen-bond donors (Lipinski definition) is 1. The lowest BCUT2D eigenvalue weighted by Gasteiger charge is -2.26. The van der Waals surface area contributed by atoms with Gasteiger partial charge in [0.15, 0.2) is 0 Å². The Hall–Kier alpha value is 0.390. The van der Waals surface area contributed by atoms with Crippen LogP contribution in [-0.2, 0) is 10.0 Å². The van der Waals surface area contributed by atoms with Crippen molar-refractivity contribution in [3.63, 3.8) is 0 Å². The number of halogens is 1. The molecule has 1 saturated carbocycles. The van der Waals surface area contributed by atoms with Crippen LogP contribution in [0.2, 0.25) is 0 Å². The minimum atomic E-state index is -3.09. The van der Waals surface area contributed by atoms with E-state index in [1.54, 1.807) is 0 Å². The summed E-state index contributed by atoms with van der Waals surface area (Å²) >= 11 is 3.52. The number of alkyl halides is 1. The highest BCUT2D eigenvalue weighted by Crippen LogP contribution is 2.39. The summed E-state index contributed by atoms with van der Waals surface area (Å²) in [5, 5.41) is 0.893. The summed E-state index contributed by atoms with van der Waals surface area (Å²) in [5.41, 5.74) is 0.157. The fourth-order valence-corrected chi connectivity index (χ4v) is 4.52. The lowest BCUT2D eigenvalue weighted by Crippen LogP contribution is -2.38. The molecule has 5 heteroatoms. The molecule has 3 nitrogen and oxygen atoms in total. The maximum Gasteiger partial charge on any atom is 0.211 e. The third-order valence-corrected chi connectivity index (χ3v) is 6.05. The molecule has 96 valence electrons. The van der Waals surface area contributed by atoms with Gasteiger partial charge in [0.2, 0.25) is 10.0 Å². The summed E-state index contributed by atoms with van der Waals surface area (Å²) < 4.78 is 26.2. The van der Waals surface area contributed by atoms with Crippen LogP contribution in [0.15, 0.2) is 0 Å². The van der Waals surface area contributed by atoms with Crippen LogP contribution in [-0.4, -0.2) is 26.0 Å². The van der Waals surface area contributed by atoms with Gasteiger partial charge in [-0.15, -0.1) is 0 Å². The van der Waals surface area contributed by atoms with Crippen LogP contribution < -0.4 is 4.72 Å². The predicted molar refractivity (Wildman–Crippen MR) is 71.3 cm³/mol. The number of sulfonamides is 1. The van der Waals surface area contributed by atoms with Crippen molar-refractivity contribution in [1.82, 2.24) is 4.72 Å². The molecule has 0 bridgehead atoms. The molecule has 0 heterocycles. The van der Waals surface area contributed by atoms with Gasteiger partial charge in [-0.05, 0) is 24.2 Å². The molecule has 16 heavy (non-hydrogen) atoms. The molecule has 1 N–H and O–H groups in total. The molecule has 1 fully saturated rings. The summed E-state index contributed by atoms with van der Waals surface area (Å²) in [4.78, 5) is 0. The predicted octanol–water partition coefficient (Wildman–Crippen LogP) is 2.52. The molecule has 1 aliphatic rings. The van der Waals surface area contributed by atoms with E-state index >= 15 is 0 Å². The van der Waals surface area contributed by atoms with Crippen molar-refractivity contribution < 1.29 is 8.42 Å². The quantitative estimate of drug-likeness (QED) is 0.766. The molecule has 1 aliphatic carbocycles. The van der Waals surface area contributed by atoms with E-state index in [0.29, 0.717) is 6.54 Å². The average molecular weight is 312 g/mol. The van der Waals surface area contributed by atoms with Crippen LogP contribution in [0, 0.1) is 11.3 Å². The standard InChI is InChI=1S/C11H22BrNO2S/c1-10(2)7-16(14,15)13-9-11(8-12)5-3-4-6-11/h10,13H,3-9H2,1-2H3. The Morgan fingerprint density at radius 2 is 1.88 bits per heavy atom. The molecule has 0 spiro atoms. The van der Waals surface area contributed by atoms with Crippen molar-refractivity contribution in [2.75, 3.05) is 17.6 Å². The van der Waals surface area contributed by atoms with E-state index in [4.69, 9.17) is 0 Å². The molecule has 0 amide bonds. The molecular weight excluding hydrogens is 290 g/mol. The van der Waals surface area contributed by atoms with Crippen molar-refractivity contribution in [2.45, 2.75) is 39.5 Å². The minimum Gasteiger partial charge on any atom is -0.215 e. The van der Waals surface area contributed by atoms with Crippen LogP contribution in [0.3, 0.4) is 0 Å². The monoisotopic (exact) mass is 311 g/mol. The van der Waals surface area contributed by atoms with Crippen molar-refractivity contribution in [3.05, 3.63) is 0 Å². The Morgan fingerprint density at radius 1 is 1.31 bits per heavy atom. The molecule has 0 aromatic carbocycles. The Bertz CT molecular complexity index is 308. The second-order valence-electron chi connectivity index (χ2n) is 5.34. The molecule has 1 rings (SSSR count). The molecule has 0 unspecified atom stereocenters. The van der Waals surface area contributed by atoms with Crippen LogP contribution in [0.5, 0.6) is 0 Å². The summed E-state index contributed by atoms with van der Waals surface area (Å²) in [6.45, 7) is 4.44. The summed E-state index contributed by atoms with van der Waals surface area (Å²) in [7, 11) is -3.09. The van der Waals surface area contributed by atoms with Crippen LogP contribution >= 0.6 is 15.9 Å². The number of nitrogens with one attached hydrogen (secondary N) is 1. The topological polar surface area (TPSA) is 46.2 Å². The van der Waals surface area contributed by atoms with Gasteiger partial charge in [-0.2, -0.15) is 0 Å². The smallest absolute Gasteiger partial charge is 0.211 e. The zero-order chi connectivity index (χ0) is 12.2. The Morgan fingerprint density at radius 3 is 2.31 bits per heavy atom. The van der Waals surface area contributed by atoms with Crippen LogP contribution in [0.1, 0.15) is 39.5 Å². The van der Waals surface area contributed by atoms with Gasteiger partial charge < -0.3 is 0 Å². The lowest BCUT2D eigenvalue weighted by atomic mass is 9.89. The van der Waals surface area contributed by atoms with Gasteiger partial charge in [0.05, 0.1) is 5.75 Å². The third-order valence-electron chi connectivity index (χ3n) is 3.17. The second-order valence-corrected chi connectivity index (χ2v) is 7.75. The highest BCUT2D eigenvalue weighted by molar-refractivity contribution is 9.09. The first-order valence-corrected chi connectivity index (χ1v) is 8.70. The van der Waals surface area contributed by atoms with Gasteiger partial charge in [-0.3, -0.25) is 0 Å². The first-order chi connectivity index (χ1) is 7.39. The van der Waals surface area contributed by atoms with Gasteiger partial charge in [0, 0.05) is 11.9 Å². The average Bonchev–Trinajstić information content (AvgIpc) is 2.62. The minimum absolute atomic E-state index is 0.157. The van der Waals surface area contributed by atoms with Gasteiger partial charge >= 0.3 is 0 Å². The number of hydrogen-bond acceptors (Lipinski definition) is 2. The zero-order valence-corrected chi connectivity index (χ0v) is 12.5. The molecule has 0 radical (unpaired) electrons. The van der Waals surface area contributed by atoms with Crippen LogP contribution in [0.25, 0.3) is 0 Å². The van der Waals surface area contributed by atoms with E-state index in [0.717, 1.165) is 18.2 Å². The highest BCUT2D eigenvalue weighted by Gasteiger charge is 2.33. The van der Waals surface area contributed by atoms with Crippen molar-refractivity contribution in [2.24, 2.45) is 11.3 Å². The van der Waals surface area contributed by atoms with Gasteiger partial charge in [0.1, 0.15) is 0 Å². The Kier molecular flexibility index (Phi) is 5.26. The van der Waals surface area contributed by atoms with Gasteiger partial charge in [0.25, 0.3) is 0 Å². The lowest BCUT2D eigenvalue weighted by molar-refractivity contribution is 0.347. The fourth-order valence-electron chi connectivity index (χ4n) is 2.24. The summed E-state index contributed by atoms with van der Waals surface area (Å²) in [6, 6.07) is 0. The summed E-state index contributed by atoms with van der Waals surface area (Å²) in [5.74, 6) is 0.409. The normalized spacial score (nSPS) is 20.5. The van der Waals surface area contributed by atoms with E-state index in [1.807, 2.05) is 13.8 Å². The van der Waals surface area contributed by atoms with Gasteiger partial charge in [-0.1, -0.05) is 42.6 Å².